The Hall–Kier alpha value is -2.83. The molecule has 2 aliphatic rings. The summed E-state index contributed by atoms with van der Waals surface area (Å²) in [6.07, 6.45) is 2.51. The van der Waals surface area contributed by atoms with Crippen LogP contribution in [0, 0.1) is 6.92 Å². The molecule has 2 aliphatic heterocycles. The van der Waals surface area contributed by atoms with Crippen molar-refractivity contribution in [2.24, 2.45) is 0 Å². The second-order valence-electron chi connectivity index (χ2n) is 7.85. The van der Waals surface area contributed by atoms with Crippen molar-refractivity contribution in [2.45, 2.75) is 52.1 Å². The molecule has 7 nitrogen and oxygen atoms in total. The first-order valence-electron chi connectivity index (χ1n) is 10.5. The lowest BCUT2D eigenvalue weighted by atomic mass is 10.1. The molecule has 0 saturated carbocycles. The quantitative estimate of drug-likeness (QED) is 0.847. The van der Waals surface area contributed by atoms with Crippen LogP contribution in [0.3, 0.4) is 0 Å². The summed E-state index contributed by atoms with van der Waals surface area (Å²) in [5, 5.41) is 3.49. The number of anilines is 3. The number of para-hydroxylation sites is 1. The Morgan fingerprint density at radius 2 is 2.00 bits per heavy atom. The molecule has 2 aromatic rings. The molecule has 1 unspecified atom stereocenters. The zero-order chi connectivity index (χ0) is 20.4. The van der Waals surface area contributed by atoms with E-state index in [2.05, 4.69) is 46.4 Å². The first-order chi connectivity index (χ1) is 14.0. The van der Waals surface area contributed by atoms with Crippen LogP contribution in [0.5, 0.6) is 0 Å². The van der Waals surface area contributed by atoms with E-state index in [0.717, 1.165) is 30.8 Å². The number of likely N-dealkylation sites (tertiary alicyclic amines) is 1. The third kappa shape index (κ3) is 4.13. The highest BCUT2D eigenvalue weighted by atomic mass is 16.6. The SMILES string of the molecule is CCOC(=O)N1CCC(Nc2nc(C)cc(N3c4ccccc4CC3C)n2)CC1. The molecule has 7 heteroatoms. The molecule has 0 radical (unpaired) electrons. The molecule has 1 N–H and O–H groups in total. The zero-order valence-corrected chi connectivity index (χ0v) is 17.4. The van der Waals surface area contributed by atoms with E-state index in [4.69, 9.17) is 9.72 Å². The van der Waals surface area contributed by atoms with Gasteiger partial charge in [-0.25, -0.2) is 9.78 Å². The molecule has 1 atom stereocenters. The highest BCUT2D eigenvalue weighted by molar-refractivity contribution is 5.69. The van der Waals surface area contributed by atoms with Gasteiger partial charge in [0, 0.05) is 42.6 Å². The number of carbonyl (C=O) groups is 1. The number of fused-ring (bicyclic) bond motifs is 1. The fourth-order valence-electron chi connectivity index (χ4n) is 4.26. The molecular weight excluding hydrogens is 366 g/mol. The van der Waals surface area contributed by atoms with Gasteiger partial charge in [-0.1, -0.05) is 18.2 Å². The summed E-state index contributed by atoms with van der Waals surface area (Å²) in [5.74, 6) is 1.59. The Kier molecular flexibility index (Phi) is 5.56. The number of rotatable bonds is 4. The monoisotopic (exact) mass is 395 g/mol. The molecule has 1 amide bonds. The predicted molar refractivity (Wildman–Crippen MR) is 114 cm³/mol. The number of piperidine rings is 1. The number of benzene rings is 1. The lowest BCUT2D eigenvalue weighted by Crippen LogP contribution is -2.42. The number of aryl methyl sites for hydroxylation is 1. The van der Waals surface area contributed by atoms with Crippen LogP contribution in [0.2, 0.25) is 0 Å². The minimum absolute atomic E-state index is 0.221. The van der Waals surface area contributed by atoms with Crippen molar-refractivity contribution < 1.29 is 9.53 Å². The van der Waals surface area contributed by atoms with Crippen LogP contribution in [0.15, 0.2) is 30.3 Å². The summed E-state index contributed by atoms with van der Waals surface area (Å²) in [6, 6.07) is 11.2. The minimum atomic E-state index is -0.221. The van der Waals surface area contributed by atoms with Gasteiger partial charge in [-0.3, -0.25) is 0 Å². The summed E-state index contributed by atoms with van der Waals surface area (Å²) in [4.78, 5) is 25.4. The Labute approximate surface area is 172 Å². The van der Waals surface area contributed by atoms with Gasteiger partial charge in [0.2, 0.25) is 5.95 Å². The smallest absolute Gasteiger partial charge is 0.409 e. The lowest BCUT2D eigenvalue weighted by Gasteiger charge is -2.32. The van der Waals surface area contributed by atoms with Gasteiger partial charge >= 0.3 is 6.09 Å². The van der Waals surface area contributed by atoms with Crippen molar-refractivity contribution in [1.29, 1.82) is 0 Å². The van der Waals surface area contributed by atoms with E-state index in [-0.39, 0.29) is 12.1 Å². The fourth-order valence-corrected chi connectivity index (χ4v) is 4.26. The average molecular weight is 396 g/mol. The Morgan fingerprint density at radius 1 is 1.24 bits per heavy atom. The number of hydrogen-bond acceptors (Lipinski definition) is 6. The predicted octanol–water partition coefficient (Wildman–Crippen LogP) is 3.90. The fraction of sp³-hybridized carbons (Fsp3) is 0.500. The van der Waals surface area contributed by atoms with Crippen LogP contribution >= 0.6 is 0 Å². The number of nitrogens with one attached hydrogen (secondary N) is 1. The molecule has 4 rings (SSSR count). The van der Waals surface area contributed by atoms with Gasteiger partial charge < -0.3 is 19.9 Å². The van der Waals surface area contributed by atoms with Gasteiger partial charge in [0.1, 0.15) is 5.82 Å². The molecule has 0 spiro atoms. The average Bonchev–Trinajstić information content (AvgIpc) is 3.04. The van der Waals surface area contributed by atoms with Gasteiger partial charge in [-0.2, -0.15) is 4.98 Å². The van der Waals surface area contributed by atoms with Gasteiger partial charge in [0.25, 0.3) is 0 Å². The maximum absolute atomic E-state index is 11.9. The number of carbonyl (C=O) groups excluding carboxylic acids is 1. The maximum Gasteiger partial charge on any atom is 0.409 e. The second kappa shape index (κ2) is 8.27. The van der Waals surface area contributed by atoms with Crippen molar-refractivity contribution in [3.8, 4) is 0 Å². The Bertz CT molecular complexity index is 879. The maximum atomic E-state index is 11.9. The van der Waals surface area contributed by atoms with Crippen molar-refractivity contribution >= 4 is 23.5 Å². The van der Waals surface area contributed by atoms with Crippen LogP contribution in [-0.4, -0.2) is 52.7 Å². The third-order valence-electron chi connectivity index (χ3n) is 5.65. The summed E-state index contributed by atoms with van der Waals surface area (Å²) in [6.45, 7) is 7.85. The normalized spacial score (nSPS) is 19.2. The Balaban J connectivity index is 1.47. The number of aromatic nitrogens is 2. The standard InChI is InChI=1S/C22H29N5O2/c1-4-29-22(28)26-11-9-18(10-12-26)24-21-23-15(2)13-20(25-21)27-16(3)14-17-7-5-6-8-19(17)27/h5-8,13,16,18H,4,9-12,14H2,1-3H3,(H,23,24,25). The van der Waals surface area contributed by atoms with Gasteiger partial charge in [0.15, 0.2) is 0 Å². The number of nitrogens with zero attached hydrogens (tertiary/aromatic N) is 4. The van der Waals surface area contributed by atoms with Crippen molar-refractivity contribution in [3.63, 3.8) is 0 Å². The van der Waals surface area contributed by atoms with Gasteiger partial charge in [-0.05, 0) is 51.7 Å². The van der Waals surface area contributed by atoms with Crippen LogP contribution < -0.4 is 10.2 Å². The molecule has 0 aliphatic carbocycles. The van der Waals surface area contributed by atoms with Gasteiger partial charge in [-0.15, -0.1) is 0 Å². The van der Waals surface area contributed by atoms with E-state index in [1.54, 1.807) is 4.90 Å². The van der Waals surface area contributed by atoms with Crippen molar-refractivity contribution in [1.82, 2.24) is 14.9 Å². The molecule has 1 fully saturated rings. The van der Waals surface area contributed by atoms with Crippen molar-refractivity contribution in [3.05, 3.63) is 41.6 Å². The van der Waals surface area contributed by atoms with Crippen LogP contribution in [0.25, 0.3) is 0 Å². The van der Waals surface area contributed by atoms with E-state index in [9.17, 15) is 4.79 Å². The van der Waals surface area contributed by atoms with Crippen LogP contribution in [0.4, 0.5) is 22.2 Å². The largest absolute Gasteiger partial charge is 0.450 e. The van der Waals surface area contributed by atoms with E-state index < -0.39 is 0 Å². The highest BCUT2D eigenvalue weighted by Gasteiger charge is 2.29. The Morgan fingerprint density at radius 3 is 2.76 bits per heavy atom. The molecule has 3 heterocycles. The van der Waals surface area contributed by atoms with E-state index in [0.29, 0.717) is 31.7 Å². The molecule has 1 saturated heterocycles. The van der Waals surface area contributed by atoms with Crippen LogP contribution in [0.1, 0.15) is 37.9 Å². The molecule has 29 heavy (non-hydrogen) atoms. The minimum Gasteiger partial charge on any atom is -0.450 e. The van der Waals surface area contributed by atoms with E-state index >= 15 is 0 Å². The summed E-state index contributed by atoms with van der Waals surface area (Å²) in [5.41, 5.74) is 3.53. The number of hydrogen-bond donors (Lipinski definition) is 1. The van der Waals surface area contributed by atoms with Gasteiger partial charge in [0.05, 0.1) is 6.61 Å². The molecular formula is C22H29N5O2. The zero-order valence-electron chi connectivity index (χ0n) is 17.4. The van der Waals surface area contributed by atoms with E-state index in [1.807, 2.05) is 19.9 Å². The third-order valence-corrected chi connectivity index (χ3v) is 5.65. The molecule has 0 bridgehead atoms. The summed E-state index contributed by atoms with van der Waals surface area (Å²) >= 11 is 0. The second-order valence-corrected chi connectivity index (χ2v) is 7.85. The van der Waals surface area contributed by atoms with Crippen molar-refractivity contribution in [2.75, 3.05) is 29.9 Å². The molecule has 1 aromatic heterocycles. The first kappa shape index (κ1) is 19.5. The lowest BCUT2D eigenvalue weighted by molar-refractivity contribution is 0.0983. The molecule has 1 aromatic carbocycles. The van der Waals surface area contributed by atoms with Crippen LogP contribution in [-0.2, 0) is 11.2 Å². The summed E-state index contributed by atoms with van der Waals surface area (Å²) in [7, 11) is 0. The summed E-state index contributed by atoms with van der Waals surface area (Å²) < 4.78 is 5.10. The number of ether oxygens (including phenoxy) is 1. The van der Waals surface area contributed by atoms with E-state index in [1.165, 1.54) is 11.3 Å². The molecule has 154 valence electrons. The first-order valence-corrected chi connectivity index (χ1v) is 10.5. The highest BCUT2D eigenvalue weighted by Crippen LogP contribution is 2.37. The number of amides is 1. The topological polar surface area (TPSA) is 70.6 Å².